The molecule has 0 aliphatic heterocycles. The van der Waals surface area contributed by atoms with Crippen molar-refractivity contribution in [3.05, 3.63) is 90.4 Å². The van der Waals surface area contributed by atoms with Crippen molar-refractivity contribution in [2.75, 3.05) is 4.90 Å². The van der Waals surface area contributed by atoms with E-state index in [0.29, 0.717) is 22.8 Å². The van der Waals surface area contributed by atoms with Crippen LogP contribution in [0.1, 0.15) is 28.8 Å². The lowest BCUT2D eigenvalue weighted by Gasteiger charge is -2.22. The quantitative estimate of drug-likeness (QED) is 0.444. The molecule has 0 radical (unpaired) electrons. The van der Waals surface area contributed by atoms with Gasteiger partial charge in [-0.05, 0) is 43.2 Å². The Morgan fingerprint density at radius 3 is 2.58 bits per heavy atom. The summed E-state index contributed by atoms with van der Waals surface area (Å²) in [5.41, 5.74) is 3.55. The molecule has 1 fully saturated rings. The Balaban J connectivity index is 1.28. The van der Waals surface area contributed by atoms with E-state index >= 15 is 0 Å². The lowest BCUT2D eigenvalue weighted by atomic mass is 10.2. The zero-order valence-corrected chi connectivity index (χ0v) is 16.7. The SMILES string of the molecule is O=C(c1ccc(OCc2conc2-c2ccccn2)nc1)N(c1ccccc1)C1CC1. The molecular weight excluding hydrogens is 392 g/mol. The summed E-state index contributed by atoms with van der Waals surface area (Å²) >= 11 is 0. The number of carbonyl (C=O) groups is 1. The number of pyridine rings is 2. The Morgan fingerprint density at radius 1 is 1.03 bits per heavy atom. The lowest BCUT2D eigenvalue weighted by Crippen LogP contribution is -2.33. The molecule has 0 N–H and O–H groups in total. The number of anilines is 1. The van der Waals surface area contributed by atoms with E-state index in [1.165, 1.54) is 6.26 Å². The van der Waals surface area contributed by atoms with Gasteiger partial charge in [0, 0.05) is 30.2 Å². The van der Waals surface area contributed by atoms with Crippen LogP contribution in [0, 0.1) is 0 Å². The first-order chi connectivity index (χ1) is 15.3. The number of aromatic nitrogens is 3. The Kier molecular flexibility index (Phi) is 5.14. The third-order valence-electron chi connectivity index (χ3n) is 5.07. The maximum atomic E-state index is 13.1. The fourth-order valence-corrected chi connectivity index (χ4v) is 3.37. The van der Waals surface area contributed by atoms with E-state index in [4.69, 9.17) is 9.26 Å². The smallest absolute Gasteiger partial charge is 0.260 e. The second-order valence-electron chi connectivity index (χ2n) is 7.32. The molecule has 1 saturated carbocycles. The van der Waals surface area contributed by atoms with E-state index in [0.717, 1.165) is 24.1 Å². The van der Waals surface area contributed by atoms with Gasteiger partial charge in [-0.15, -0.1) is 0 Å². The van der Waals surface area contributed by atoms with E-state index in [1.807, 2.05) is 53.4 Å². The summed E-state index contributed by atoms with van der Waals surface area (Å²) in [6.45, 7) is 0.230. The number of ether oxygens (including phenoxy) is 1. The highest BCUT2D eigenvalue weighted by molar-refractivity contribution is 6.06. The second kappa shape index (κ2) is 8.39. The van der Waals surface area contributed by atoms with Crippen LogP contribution in [0.5, 0.6) is 5.88 Å². The zero-order valence-electron chi connectivity index (χ0n) is 16.7. The third kappa shape index (κ3) is 4.16. The highest BCUT2D eigenvalue weighted by Crippen LogP contribution is 2.33. The first-order valence-electron chi connectivity index (χ1n) is 10.1. The molecule has 5 rings (SSSR count). The first-order valence-corrected chi connectivity index (χ1v) is 10.1. The van der Waals surface area contributed by atoms with Crippen LogP contribution in [0.2, 0.25) is 0 Å². The average molecular weight is 412 g/mol. The Morgan fingerprint density at radius 2 is 1.87 bits per heavy atom. The zero-order chi connectivity index (χ0) is 21.0. The van der Waals surface area contributed by atoms with Gasteiger partial charge in [0.2, 0.25) is 5.88 Å². The first kappa shape index (κ1) is 19.0. The van der Waals surface area contributed by atoms with Crippen LogP contribution in [-0.4, -0.2) is 27.1 Å². The van der Waals surface area contributed by atoms with Gasteiger partial charge < -0.3 is 14.2 Å². The van der Waals surface area contributed by atoms with Crippen LogP contribution in [-0.2, 0) is 6.61 Å². The van der Waals surface area contributed by atoms with Crippen molar-refractivity contribution in [2.45, 2.75) is 25.5 Å². The number of carbonyl (C=O) groups excluding carboxylic acids is 1. The van der Waals surface area contributed by atoms with Crippen LogP contribution in [0.3, 0.4) is 0 Å². The molecule has 154 valence electrons. The second-order valence-corrected chi connectivity index (χ2v) is 7.32. The number of amides is 1. The molecule has 1 aliphatic rings. The van der Waals surface area contributed by atoms with Crippen LogP contribution in [0.4, 0.5) is 5.69 Å². The van der Waals surface area contributed by atoms with Crippen LogP contribution in [0.25, 0.3) is 11.4 Å². The summed E-state index contributed by atoms with van der Waals surface area (Å²) in [4.78, 5) is 23.6. The highest BCUT2D eigenvalue weighted by Gasteiger charge is 2.34. The van der Waals surface area contributed by atoms with Gasteiger partial charge >= 0.3 is 0 Å². The molecule has 4 aromatic rings. The molecular formula is C24H20N4O3. The van der Waals surface area contributed by atoms with Gasteiger partial charge in [0.1, 0.15) is 18.6 Å². The summed E-state index contributed by atoms with van der Waals surface area (Å²) in [5.74, 6) is 0.367. The summed E-state index contributed by atoms with van der Waals surface area (Å²) in [7, 11) is 0. The molecule has 0 spiro atoms. The molecule has 3 aromatic heterocycles. The fraction of sp³-hybridized carbons (Fsp3) is 0.167. The van der Waals surface area contributed by atoms with Crippen LogP contribution in [0.15, 0.2) is 83.8 Å². The van der Waals surface area contributed by atoms with Gasteiger partial charge in [-0.2, -0.15) is 0 Å². The number of rotatable bonds is 7. The number of hydrogen-bond donors (Lipinski definition) is 0. The number of benzene rings is 1. The van der Waals surface area contributed by atoms with E-state index in [1.54, 1.807) is 24.5 Å². The van der Waals surface area contributed by atoms with E-state index in [-0.39, 0.29) is 18.6 Å². The number of hydrogen-bond acceptors (Lipinski definition) is 6. The Bertz CT molecular complexity index is 1160. The van der Waals surface area contributed by atoms with Crippen LogP contribution < -0.4 is 9.64 Å². The van der Waals surface area contributed by atoms with E-state index in [2.05, 4.69) is 15.1 Å². The van der Waals surface area contributed by atoms with Gasteiger partial charge in [-0.3, -0.25) is 9.78 Å². The lowest BCUT2D eigenvalue weighted by molar-refractivity contribution is 0.0985. The molecule has 1 aromatic carbocycles. The van der Waals surface area contributed by atoms with Crippen molar-refractivity contribution in [1.29, 1.82) is 0 Å². The molecule has 0 unspecified atom stereocenters. The summed E-state index contributed by atoms with van der Waals surface area (Å²) in [6.07, 6.45) is 6.84. The van der Waals surface area contributed by atoms with Crippen molar-refractivity contribution < 1.29 is 14.1 Å². The summed E-state index contributed by atoms with van der Waals surface area (Å²) in [6, 6.07) is 19.0. The molecule has 1 amide bonds. The maximum Gasteiger partial charge on any atom is 0.260 e. The number of para-hydroxylation sites is 1. The van der Waals surface area contributed by atoms with Gasteiger partial charge in [0.25, 0.3) is 5.91 Å². The molecule has 7 nitrogen and oxygen atoms in total. The maximum absolute atomic E-state index is 13.1. The number of nitrogens with zero attached hydrogens (tertiary/aromatic N) is 4. The predicted molar refractivity (Wildman–Crippen MR) is 115 cm³/mol. The van der Waals surface area contributed by atoms with Gasteiger partial charge in [-0.1, -0.05) is 29.4 Å². The highest BCUT2D eigenvalue weighted by atomic mass is 16.5. The summed E-state index contributed by atoms with van der Waals surface area (Å²) < 4.78 is 10.9. The predicted octanol–water partition coefficient (Wildman–Crippen LogP) is 4.52. The van der Waals surface area contributed by atoms with Crippen molar-refractivity contribution in [3.8, 4) is 17.3 Å². The molecule has 7 heteroatoms. The molecule has 0 saturated heterocycles. The fourth-order valence-electron chi connectivity index (χ4n) is 3.37. The normalized spacial score (nSPS) is 13.0. The molecule has 1 aliphatic carbocycles. The average Bonchev–Trinajstić information content (AvgIpc) is 3.55. The minimum absolute atomic E-state index is 0.0516. The van der Waals surface area contributed by atoms with Crippen molar-refractivity contribution in [1.82, 2.24) is 15.1 Å². The Labute approximate surface area is 179 Å². The van der Waals surface area contributed by atoms with Crippen molar-refractivity contribution >= 4 is 11.6 Å². The molecule has 3 heterocycles. The van der Waals surface area contributed by atoms with Gasteiger partial charge in [0.15, 0.2) is 0 Å². The standard InChI is InChI=1S/C24H20N4O3/c29-24(28(20-10-11-20)19-6-2-1-3-7-19)17-9-12-22(26-14-17)30-15-18-16-31-27-23(18)21-8-4-5-13-25-21/h1-9,12-14,16,20H,10-11,15H2. The van der Waals surface area contributed by atoms with Gasteiger partial charge in [-0.25, -0.2) is 4.98 Å². The monoisotopic (exact) mass is 412 g/mol. The van der Waals surface area contributed by atoms with Gasteiger partial charge in [0.05, 0.1) is 16.8 Å². The van der Waals surface area contributed by atoms with E-state index < -0.39 is 0 Å². The van der Waals surface area contributed by atoms with Crippen molar-refractivity contribution in [3.63, 3.8) is 0 Å². The minimum atomic E-state index is -0.0516. The van der Waals surface area contributed by atoms with Crippen LogP contribution >= 0.6 is 0 Å². The largest absolute Gasteiger partial charge is 0.473 e. The molecule has 0 atom stereocenters. The molecule has 0 bridgehead atoms. The van der Waals surface area contributed by atoms with E-state index in [9.17, 15) is 4.79 Å². The van der Waals surface area contributed by atoms with Crippen molar-refractivity contribution in [2.24, 2.45) is 0 Å². The third-order valence-corrected chi connectivity index (χ3v) is 5.07. The topological polar surface area (TPSA) is 81.3 Å². The Hall–Kier alpha value is -4.00. The molecule has 31 heavy (non-hydrogen) atoms. The summed E-state index contributed by atoms with van der Waals surface area (Å²) in [5, 5.41) is 4.02. The minimum Gasteiger partial charge on any atom is -0.473 e.